The monoisotopic (exact) mass is 382 g/mol. The average Bonchev–Trinajstić information content (AvgIpc) is 3.21. The fourth-order valence-corrected chi connectivity index (χ4v) is 3.73. The predicted octanol–water partition coefficient (Wildman–Crippen LogP) is 2.34. The molecule has 4 N–H and O–H groups in total. The lowest BCUT2D eigenvalue weighted by atomic mass is 10.1. The van der Waals surface area contributed by atoms with Gasteiger partial charge in [-0.3, -0.25) is 9.36 Å². The highest BCUT2D eigenvalue weighted by Crippen LogP contribution is 2.37. The molecule has 0 unspecified atom stereocenters. The second kappa shape index (κ2) is 6.81. The molecule has 0 bridgehead atoms. The maximum absolute atomic E-state index is 12.2. The zero-order valence-electron chi connectivity index (χ0n) is 16.0. The molecular weight excluding hydrogens is 360 g/mol. The van der Waals surface area contributed by atoms with Gasteiger partial charge in [-0.15, -0.1) is 0 Å². The molecule has 2 aromatic heterocycles. The van der Waals surface area contributed by atoms with Gasteiger partial charge in [-0.2, -0.15) is 0 Å². The van der Waals surface area contributed by atoms with Crippen LogP contribution in [0, 0.1) is 13.8 Å². The summed E-state index contributed by atoms with van der Waals surface area (Å²) in [5.74, 6) is 0.326. The van der Waals surface area contributed by atoms with Crippen molar-refractivity contribution in [3.63, 3.8) is 0 Å². The van der Waals surface area contributed by atoms with Crippen molar-refractivity contribution >= 4 is 22.8 Å². The smallest absolute Gasteiger partial charge is 0.253 e. The van der Waals surface area contributed by atoms with Crippen LogP contribution in [0.2, 0.25) is 0 Å². The highest BCUT2D eigenvalue weighted by Gasteiger charge is 2.26. The minimum absolute atomic E-state index is 0.126. The first kappa shape index (κ1) is 18.3. The molecular formula is C20H22N4O4. The Bertz CT molecular complexity index is 1100. The van der Waals surface area contributed by atoms with E-state index >= 15 is 0 Å². The molecule has 1 amide bonds. The van der Waals surface area contributed by atoms with E-state index in [1.165, 1.54) is 0 Å². The summed E-state index contributed by atoms with van der Waals surface area (Å²) >= 11 is 0. The summed E-state index contributed by atoms with van der Waals surface area (Å²) in [5.41, 5.74) is 17.3. The number of ether oxygens (including phenoxy) is 3. The van der Waals surface area contributed by atoms with E-state index in [-0.39, 0.29) is 18.2 Å². The number of nitrogens with two attached hydrogens (primary N) is 2. The van der Waals surface area contributed by atoms with Crippen LogP contribution >= 0.6 is 0 Å². The van der Waals surface area contributed by atoms with Crippen LogP contribution in [0.4, 0.5) is 5.82 Å². The number of benzene rings is 1. The summed E-state index contributed by atoms with van der Waals surface area (Å²) in [6.07, 6.45) is 0. The number of carbonyl (C=O) groups is 1. The first-order chi connectivity index (χ1) is 13.4. The Morgan fingerprint density at radius 2 is 2.11 bits per heavy atom. The number of amides is 1. The summed E-state index contributed by atoms with van der Waals surface area (Å²) < 4.78 is 18.0. The third-order valence-electron chi connectivity index (χ3n) is 5.03. The van der Waals surface area contributed by atoms with Crippen molar-refractivity contribution in [1.82, 2.24) is 9.55 Å². The number of rotatable bonds is 5. The normalized spacial score (nSPS) is 13.1. The van der Waals surface area contributed by atoms with Crippen LogP contribution in [0.3, 0.4) is 0 Å². The lowest BCUT2D eigenvalue weighted by Crippen LogP contribution is -2.14. The van der Waals surface area contributed by atoms with Crippen LogP contribution in [-0.4, -0.2) is 29.4 Å². The van der Waals surface area contributed by atoms with Gasteiger partial charge in [0.15, 0.2) is 6.79 Å². The van der Waals surface area contributed by atoms with Crippen molar-refractivity contribution in [2.24, 2.45) is 5.73 Å². The minimum atomic E-state index is -0.594. The van der Waals surface area contributed by atoms with Crippen LogP contribution in [0.15, 0.2) is 18.2 Å². The Labute approximate surface area is 162 Å². The topological polar surface area (TPSA) is 115 Å². The molecule has 3 aromatic rings. The van der Waals surface area contributed by atoms with Gasteiger partial charge in [0.05, 0.1) is 30.2 Å². The van der Waals surface area contributed by atoms with E-state index < -0.39 is 5.91 Å². The van der Waals surface area contributed by atoms with E-state index in [0.717, 1.165) is 28.1 Å². The van der Waals surface area contributed by atoms with Gasteiger partial charge in [-0.25, -0.2) is 4.98 Å². The lowest BCUT2D eigenvalue weighted by molar-refractivity contribution is 0.0506. The van der Waals surface area contributed by atoms with Gasteiger partial charge in [-0.05, 0) is 31.5 Å². The molecule has 4 rings (SSSR count). The molecule has 8 nitrogen and oxygen atoms in total. The number of primary amides is 1. The van der Waals surface area contributed by atoms with Gasteiger partial charge >= 0.3 is 0 Å². The number of hydrogen-bond acceptors (Lipinski definition) is 6. The zero-order valence-corrected chi connectivity index (χ0v) is 16.0. The number of fused-ring (bicyclic) bond motifs is 2. The SMILES string of the molecule is COCOc1ccc(C)c(-n2c(N)c(C(N)=O)c3cc4c(nc32)COC4)c1C. The van der Waals surface area contributed by atoms with Gasteiger partial charge in [0.2, 0.25) is 0 Å². The number of aromatic nitrogens is 2. The van der Waals surface area contributed by atoms with Crippen molar-refractivity contribution < 1.29 is 19.0 Å². The summed E-state index contributed by atoms with van der Waals surface area (Å²) in [6, 6.07) is 5.70. The number of aryl methyl sites for hydroxylation is 1. The molecule has 0 saturated heterocycles. The molecule has 28 heavy (non-hydrogen) atoms. The van der Waals surface area contributed by atoms with Gasteiger partial charge in [0, 0.05) is 23.6 Å². The van der Waals surface area contributed by atoms with E-state index in [1.54, 1.807) is 11.7 Å². The third kappa shape index (κ3) is 2.69. The van der Waals surface area contributed by atoms with E-state index in [2.05, 4.69) is 0 Å². The summed E-state index contributed by atoms with van der Waals surface area (Å²) in [7, 11) is 1.56. The maximum atomic E-state index is 12.2. The second-order valence-corrected chi connectivity index (χ2v) is 6.82. The molecule has 0 spiro atoms. The Morgan fingerprint density at radius 1 is 1.32 bits per heavy atom. The largest absolute Gasteiger partial charge is 0.467 e. The molecule has 0 fully saturated rings. The number of pyridine rings is 1. The number of carbonyl (C=O) groups excluding carboxylic acids is 1. The van der Waals surface area contributed by atoms with Gasteiger partial charge < -0.3 is 25.7 Å². The summed E-state index contributed by atoms with van der Waals surface area (Å²) in [6.45, 7) is 4.91. The molecule has 0 atom stereocenters. The number of hydrogen-bond donors (Lipinski definition) is 2. The van der Waals surface area contributed by atoms with E-state index in [1.807, 2.05) is 32.0 Å². The van der Waals surface area contributed by atoms with Crippen LogP contribution in [-0.2, 0) is 22.7 Å². The molecule has 0 radical (unpaired) electrons. The van der Waals surface area contributed by atoms with Gasteiger partial charge in [0.1, 0.15) is 17.2 Å². The fourth-order valence-electron chi connectivity index (χ4n) is 3.73. The van der Waals surface area contributed by atoms with Crippen LogP contribution < -0.4 is 16.2 Å². The number of anilines is 1. The quantitative estimate of drug-likeness (QED) is 0.655. The molecule has 1 aliphatic rings. The van der Waals surface area contributed by atoms with Crippen LogP contribution in [0.5, 0.6) is 5.75 Å². The van der Waals surface area contributed by atoms with Crippen molar-refractivity contribution in [2.75, 3.05) is 19.6 Å². The first-order valence-corrected chi connectivity index (χ1v) is 8.86. The highest BCUT2D eigenvalue weighted by molar-refractivity contribution is 6.11. The number of nitrogen functional groups attached to an aromatic ring is 1. The Kier molecular flexibility index (Phi) is 4.44. The van der Waals surface area contributed by atoms with Crippen molar-refractivity contribution in [3.05, 3.63) is 46.1 Å². The molecule has 0 saturated carbocycles. The first-order valence-electron chi connectivity index (χ1n) is 8.86. The Balaban J connectivity index is 2.05. The average molecular weight is 382 g/mol. The van der Waals surface area contributed by atoms with Crippen LogP contribution in [0.25, 0.3) is 16.7 Å². The molecule has 1 aromatic carbocycles. The van der Waals surface area contributed by atoms with Crippen molar-refractivity contribution in [2.45, 2.75) is 27.1 Å². The molecule has 8 heteroatoms. The molecule has 0 aliphatic carbocycles. The second-order valence-electron chi connectivity index (χ2n) is 6.82. The van der Waals surface area contributed by atoms with Gasteiger partial charge in [-0.1, -0.05) is 6.07 Å². The highest BCUT2D eigenvalue weighted by atomic mass is 16.7. The zero-order chi connectivity index (χ0) is 20.0. The third-order valence-corrected chi connectivity index (χ3v) is 5.03. The van der Waals surface area contributed by atoms with Crippen molar-refractivity contribution in [3.8, 4) is 11.4 Å². The summed E-state index contributed by atoms with van der Waals surface area (Å²) in [5, 5.41) is 0.622. The molecule has 3 heterocycles. The van der Waals surface area contributed by atoms with Crippen molar-refractivity contribution in [1.29, 1.82) is 0 Å². The molecule has 1 aliphatic heterocycles. The van der Waals surface area contributed by atoms with Crippen LogP contribution in [0.1, 0.15) is 32.7 Å². The standard InChI is InChI=1S/C20H22N4O4/c1-10-4-5-15(28-9-26-3)11(2)17(10)24-18(21)16(19(22)25)13-6-12-7-27-8-14(12)23-20(13)24/h4-6H,7-9,21H2,1-3H3,(H2,22,25). The van der Waals surface area contributed by atoms with E-state index in [0.29, 0.717) is 30.0 Å². The Morgan fingerprint density at radius 3 is 2.82 bits per heavy atom. The number of nitrogens with zero attached hydrogens (tertiary/aromatic N) is 2. The summed E-state index contributed by atoms with van der Waals surface area (Å²) in [4.78, 5) is 16.9. The molecule has 146 valence electrons. The van der Waals surface area contributed by atoms with E-state index in [9.17, 15) is 4.79 Å². The number of methoxy groups -OCH3 is 1. The van der Waals surface area contributed by atoms with E-state index in [4.69, 9.17) is 30.7 Å². The maximum Gasteiger partial charge on any atom is 0.253 e. The van der Waals surface area contributed by atoms with Gasteiger partial charge in [0.25, 0.3) is 5.91 Å². The lowest BCUT2D eigenvalue weighted by Gasteiger charge is -2.17. The Hall–Kier alpha value is -3.10. The fraction of sp³-hybridized carbons (Fsp3) is 0.300. The predicted molar refractivity (Wildman–Crippen MR) is 104 cm³/mol. The minimum Gasteiger partial charge on any atom is -0.467 e.